The van der Waals surface area contributed by atoms with Crippen LogP contribution in [0.3, 0.4) is 0 Å². The number of rotatable bonds is 3. The van der Waals surface area contributed by atoms with Crippen LogP contribution in [0, 0.1) is 0 Å². The second kappa shape index (κ2) is 9.56. The summed E-state index contributed by atoms with van der Waals surface area (Å²) in [6.45, 7) is 4.79. The smallest absolute Gasteiger partial charge is 0.0416 e. The van der Waals surface area contributed by atoms with Gasteiger partial charge in [-0.15, -0.1) is 0 Å². The molecule has 0 aromatic heterocycles. The number of hydrogen-bond donors (Lipinski definition) is 0. The van der Waals surface area contributed by atoms with Gasteiger partial charge in [-0.25, -0.2) is 0 Å². The number of para-hydroxylation sites is 1. The first kappa shape index (κ1) is 26.3. The van der Waals surface area contributed by atoms with Crippen LogP contribution in [-0.2, 0) is 5.41 Å². The Labute approximate surface area is 272 Å². The minimum atomic E-state index is -0.0259. The predicted octanol–water partition coefficient (Wildman–Crippen LogP) is 11.9. The van der Waals surface area contributed by atoms with Gasteiger partial charge in [-0.3, -0.25) is 0 Å². The number of anilines is 2. The van der Waals surface area contributed by atoms with Crippen molar-refractivity contribution in [3.63, 3.8) is 0 Å². The molecule has 4 aliphatic rings. The van der Waals surface area contributed by atoms with Gasteiger partial charge in [0.1, 0.15) is 0 Å². The summed E-state index contributed by atoms with van der Waals surface area (Å²) in [6.07, 6.45) is 3.48. The summed E-state index contributed by atoms with van der Waals surface area (Å²) in [4.78, 5) is 2.69. The molecule has 1 nitrogen and oxygen atoms in total. The molecule has 3 atom stereocenters. The molecule has 1 saturated carbocycles. The van der Waals surface area contributed by atoms with E-state index in [1.807, 2.05) is 0 Å². The Morgan fingerprint density at radius 2 is 1.15 bits per heavy atom. The third kappa shape index (κ3) is 3.52. The van der Waals surface area contributed by atoms with E-state index in [0.29, 0.717) is 17.9 Å². The molecule has 0 spiro atoms. The van der Waals surface area contributed by atoms with Gasteiger partial charge >= 0.3 is 0 Å². The van der Waals surface area contributed by atoms with E-state index in [1.165, 1.54) is 79.9 Å². The Morgan fingerprint density at radius 1 is 0.500 bits per heavy atom. The Bertz CT molecular complexity index is 2170. The van der Waals surface area contributed by atoms with E-state index in [0.717, 1.165) is 6.42 Å². The van der Waals surface area contributed by atoms with Crippen molar-refractivity contribution in [1.82, 2.24) is 0 Å². The molecular formula is C45H37N. The first-order valence-corrected chi connectivity index (χ1v) is 17.0. The zero-order valence-corrected chi connectivity index (χ0v) is 26.5. The van der Waals surface area contributed by atoms with Crippen molar-refractivity contribution < 1.29 is 0 Å². The minimum Gasteiger partial charge on any atom is -0.338 e. The van der Waals surface area contributed by atoms with Crippen LogP contribution >= 0.6 is 0 Å². The molecule has 0 saturated heterocycles. The molecular weight excluding hydrogens is 555 g/mol. The van der Waals surface area contributed by atoms with Crippen LogP contribution in [0.15, 0.2) is 133 Å². The van der Waals surface area contributed by atoms with Gasteiger partial charge in [-0.05, 0) is 122 Å². The summed E-state index contributed by atoms with van der Waals surface area (Å²) in [5.41, 5.74) is 19.9. The molecule has 1 heteroatoms. The fourth-order valence-electron chi connectivity index (χ4n) is 9.85. The van der Waals surface area contributed by atoms with Crippen LogP contribution in [0.5, 0.6) is 0 Å². The van der Waals surface area contributed by atoms with Crippen molar-refractivity contribution in [1.29, 1.82) is 0 Å². The summed E-state index contributed by atoms with van der Waals surface area (Å²) in [7, 11) is 0. The van der Waals surface area contributed by atoms with Gasteiger partial charge in [-0.2, -0.15) is 0 Å². The standard InChI is InChI=1S/C45H37N/c1-45(2)41-21-9-8-15-33(41)34-25-23-30(27-42(34)45)46(28-12-4-3-5-13-28)29-22-24-32-37-18-11-19-38-39-20-10-17-36(44(39)40(32)26-29)31-14-6-7-16-35(31)43(37)38/h3-21,23,25,27,29,32,40H,22,24,26H2,1-2H3/t29?,32?,40-/m0/s1. The summed E-state index contributed by atoms with van der Waals surface area (Å²) >= 11 is 0. The van der Waals surface area contributed by atoms with Crippen LogP contribution in [0.2, 0.25) is 0 Å². The van der Waals surface area contributed by atoms with Crippen LogP contribution in [-0.4, -0.2) is 6.04 Å². The molecule has 2 unspecified atom stereocenters. The van der Waals surface area contributed by atoms with Crippen molar-refractivity contribution in [3.05, 3.63) is 156 Å². The quantitative estimate of drug-likeness (QED) is 0.198. The summed E-state index contributed by atoms with van der Waals surface area (Å²) in [5, 5.41) is 0. The molecule has 1 fully saturated rings. The Balaban J connectivity index is 1.13. The average molecular weight is 592 g/mol. The van der Waals surface area contributed by atoms with Gasteiger partial charge in [0.25, 0.3) is 0 Å². The Morgan fingerprint density at radius 3 is 2.00 bits per heavy atom. The number of nitrogens with zero attached hydrogens (tertiary/aromatic N) is 1. The van der Waals surface area contributed by atoms with Gasteiger partial charge in [0.05, 0.1) is 0 Å². The predicted molar refractivity (Wildman–Crippen MR) is 192 cm³/mol. The lowest BCUT2D eigenvalue weighted by molar-refractivity contribution is 0.346. The van der Waals surface area contributed by atoms with E-state index < -0.39 is 0 Å². The normalized spacial score (nSPS) is 20.5. The summed E-state index contributed by atoms with van der Waals surface area (Å²) < 4.78 is 0. The second-order valence-electron chi connectivity index (χ2n) is 14.4. The second-order valence-corrected chi connectivity index (χ2v) is 14.4. The van der Waals surface area contributed by atoms with Gasteiger partial charge in [0, 0.05) is 22.8 Å². The summed E-state index contributed by atoms with van der Waals surface area (Å²) in [5.74, 6) is 0.978. The third-order valence-corrected chi connectivity index (χ3v) is 11.8. The highest BCUT2D eigenvalue weighted by atomic mass is 15.2. The number of benzene rings is 6. The minimum absolute atomic E-state index is 0.0259. The van der Waals surface area contributed by atoms with Gasteiger partial charge in [0.15, 0.2) is 0 Å². The van der Waals surface area contributed by atoms with Crippen LogP contribution < -0.4 is 4.90 Å². The van der Waals surface area contributed by atoms with Crippen molar-refractivity contribution in [2.24, 2.45) is 0 Å². The lowest BCUT2D eigenvalue weighted by Gasteiger charge is -2.44. The van der Waals surface area contributed by atoms with Crippen LogP contribution in [0.25, 0.3) is 44.5 Å². The monoisotopic (exact) mass is 591 g/mol. The maximum Gasteiger partial charge on any atom is 0.0416 e. The average Bonchev–Trinajstić information content (AvgIpc) is 3.26. The van der Waals surface area contributed by atoms with Gasteiger partial charge in [0.2, 0.25) is 0 Å². The molecule has 6 aromatic rings. The van der Waals surface area contributed by atoms with Crippen LogP contribution in [0.4, 0.5) is 11.4 Å². The van der Waals surface area contributed by atoms with Crippen molar-refractivity contribution in [2.75, 3.05) is 4.90 Å². The topological polar surface area (TPSA) is 3.24 Å². The molecule has 0 aliphatic heterocycles. The maximum absolute atomic E-state index is 2.69. The molecule has 222 valence electrons. The third-order valence-electron chi connectivity index (χ3n) is 11.8. The van der Waals surface area contributed by atoms with Crippen molar-refractivity contribution in [2.45, 2.75) is 56.4 Å². The van der Waals surface area contributed by atoms with E-state index in [2.05, 4.69) is 152 Å². The highest BCUT2D eigenvalue weighted by molar-refractivity contribution is 6.01. The summed E-state index contributed by atoms with van der Waals surface area (Å²) in [6, 6.07) is 51.2. The van der Waals surface area contributed by atoms with E-state index in [1.54, 1.807) is 11.1 Å². The van der Waals surface area contributed by atoms with Crippen molar-refractivity contribution >= 4 is 11.4 Å². The first-order chi connectivity index (χ1) is 22.6. The van der Waals surface area contributed by atoms with E-state index >= 15 is 0 Å². The first-order valence-electron chi connectivity index (χ1n) is 17.0. The lowest BCUT2D eigenvalue weighted by Crippen LogP contribution is -2.38. The Hall–Kier alpha value is -4.88. The SMILES string of the molecule is CC1(C)c2ccccc2-c2ccc(N(c3ccccc3)C3CCC4c5cccc6c5-c5ccccc5-c5cccc-6c5[C@H]4C3)cc21. The molecule has 6 bridgehead atoms. The highest BCUT2D eigenvalue weighted by Gasteiger charge is 2.43. The molecule has 6 aromatic carbocycles. The highest BCUT2D eigenvalue weighted by Crippen LogP contribution is 2.60. The Kier molecular flexibility index (Phi) is 5.48. The fourth-order valence-corrected chi connectivity index (χ4v) is 9.85. The molecule has 0 N–H and O–H groups in total. The zero-order chi connectivity index (χ0) is 30.6. The lowest BCUT2D eigenvalue weighted by atomic mass is 9.67. The molecule has 4 aliphatic carbocycles. The maximum atomic E-state index is 2.69. The molecule has 0 radical (unpaired) electrons. The number of hydrogen-bond acceptors (Lipinski definition) is 1. The van der Waals surface area contributed by atoms with E-state index in [4.69, 9.17) is 0 Å². The van der Waals surface area contributed by atoms with Crippen molar-refractivity contribution in [3.8, 4) is 44.5 Å². The molecule has 0 heterocycles. The van der Waals surface area contributed by atoms with E-state index in [9.17, 15) is 0 Å². The van der Waals surface area contributed by atoms with Gasteiger partial charge in [-0.1, -0.05) is 123 Å². The fraction of sp³-hybridized carbons (Fsp3) is 0.200. The molecule has 0 amide bonds. The molecule has 10 rings (SSSR count). The zero-order valence-electron chi connectivity index (χ0n) is 26.5. The van der Waals surface area contributed by atoms with Crippen LogP contribution in [0.1, 0.15) is 67.2 Å². The number of fused-ring (bicyclic) bond motifs is 7. The van der Waals surface area contributed by atoms with E-state index in [-0.39, 0.29) is 5.41 Å². The largest absolute Gasteiger partial charge is 0.338 e. The van der Waals surface area contributed by atoms with Gasteiger partial charge < -0.3 is 4.90 Å². The molecule has 46 heavy (non-hydrogen) atoms.